The van der Waals surface area contributed by atoms with Gasteiger partial charge in [-0.05, 0) is 63.9 Å². The molecule has 5 N–H and O–H groups in total. The maximum absolute atomic E-state index is 14.4. The van der Waals surface area contributed by atoms with E-state index >= 15 is 0 Å². The first-order valence-corrected chi connectivity index (χ1v) is 12.7. The number of hydrogen-bond acceptors (Lipinski definition) is 7. The minimum atomic E-state index is -0.981. The van der Waals surface area contributed by atoms with Gasteiger partial charge in [0.1, 0.15) is 11.4 Å². The third-order valence-corrected chi connectivity index (χ3v) is 7.18. The molecule has 5 rings (SSSR count). The van der Waals surface area contributed by atoms with Crippen LogP contribution in [0.3, 0.4) is 0 Å². The zero-order chi connectivity index (χ0) is 28.1. The quantitative estimate of drug-likeness (QED) is 0.339. The molecule has 11 heteroatoms. The van der Waals surface area contributed by atoms with Gasteiger partial charge in [0.15, 0.2) is 11.6 Å². The Kier molecular flexibility index (Phi) is 6.50. The molecule has 2 aromatic carbocycles. The Bertz CT molecular complexity index is 1520. The van der Waals surface area contributed by atoms with Gasteiger partial charge in [-0.25, -0.2) is 8.78 Å². The van der Waals surface area contributed by atoms with E-state index in [-0.39, 0.29) is 22.7 Å². The highest BCUT2D eigenvalue weighted by Gasteiger charge is 2.54. The van der Waals surface area contributed by atoms with Crippen LogP contribution in [-0.2, 0) is 0 Å². The Morgan fingerprint density at radius 1 is 1.13 bits per heavy atom. The van der Waals surface area contributed by atoms with Crippen molar-refractivity contribution in [2.45, 2.75) is 45.2 Å². The molecule has 0 unspecified atom stereocenters. The molecule has 204 valence electrons. The normalized spacial score (nSPS) is 18.2. The number of nitrogens with one attached hydrogen (secondary N) is 1. The Morgan fingerprint density at radius 3 is 2.44 bits per heavy atom. The second-order valence-electron chi connectivity index (χ2n) is 11.2. The number of amides is 1. The molecule has 0 bridgehead atoms. The highest BCUT2D eigenvalue weighted by Crippen LogP contribution is 2.53. The van der Waals surface area contributed by atoms with Crippen molar-refractivity contribution in [3.05, 3.63) is 75.7 Å². The molecular formula is C28H31F2N7O2. The number of aliphatic imine (C=N–C) groups is 1. The van der Waals surface area contributed by atoms with E-state index in [1.165, 1.54) is 12.1 Å². The molecular weight excluding hydrogens is 504 g/mol. The summed E-state index contributed by atoms with van der Waals surface area (Å²) in [5.74, 6) is -2.63. The van der Waals surface area contributed by atoms with Crippen molar-refractivity contribution in [3.8, 4) is 5.69 Å². The maximum Gasteiger partial charge on any atom is 0.276 e. The summed E-state index contributed by atoms with van der Waals surface area (Å²) >= 11 is 0. The van der Waals surface area contributed by atoms with Crippen molar-refractivity contribution in [3.63, 3.8) is 0 Å². The molecule has 2 fully saturated rings. The van der Waals surface area contributed by atoms with Crippen LogP contribution in [0.15, 0.2) is 52.3 Å². The average molecular weight is 536 g/mol. The van der Waals surface area contributed by atoms with Crippen LogP contribution in [0.25, 0.3) is 5.69 Å². The number of hydrogen-bond donors (Lipinski definition) is 3. The first-order chi connectivity index (χ1) is 18.4. The summed E-state index contributed by atoms with van der Waals surface area (Å²) in [6, 6.07) is 8.78. The van der Waals surface area contributed by atoms with Gasteiger partial charge in [0.05, 0.1) is 16.9 Å². The number of rotatable bonds is 5. The van der Waals surface area contributed by atoms with Gasteiger partial charge >= 0.3 is 0 Å². The Hall–Kier alpha value is -4.12. The molecule has 1 aliphatic heterocycles. The smallest absolute Gasteiger partial charge is 0.276 e. The second-order valence-corrected chi connectivity index (χ2v) is 11.2. The lowest BCUT2D eigenvalue weighted by molar-refractivity contribution is 0.102. The van der Waals surface area contributed by atoms with Crippen molar-refractivity contribution >= 4 is 29.2 Å². The van der Waals surface area contributed by atoms with Crippen LogP contribution in [-0.4, -0.2) is 46.6 Å². The molecule has 1 aromatic heterocycles. The molecule has 39 heavy (non-hydrogen) atoms. The lowest BCUT2D eigenvalue weighted by atomic mass is 10.0. The lowest BCUT2D eigenvalue weighted by Crippen LogP contribution is -2.31. The van der Waals surface area contributed by atoms with E-state index in [0.29, 0.717) is 40.4 Å². The first-order valence-electron chi connectivity index (χ1n) is 12.7. The number of nitrogen functional groups attached to an aromatic ring is 1. The zero-order valence-electron chi connectivity index (χ0n) is 22.0. The summed E-state index contributed by atoms with van der Waals surface area (Å²) in [4.78, 5) is 32.6. The number of halogens is 2. The van der Waals surface area contributed by atoms with Gasteiger partial charge in [0, 0.05) is 48.1 Å². The molecule has 3 aromatic rings. The minimum Gasteiger partial charge on any atom is -0.398 e. The number of nitrogens with two attached hydrogens (primary N) is 2. The van der Waals surface area contributed by atoms with E-state index in [1.807, 2.05) is 20.8 Å². The van der Waals surface area contributed by atoms with Crippen molar-refractivity contribution in [2.75, 3.05) is 29.0 Å². The minimum absolute atomic E-state index is 0.0178. The zero-order valence-corrected chi connectivity index (χ0v) is 22.0. The fourth-order valence-corrected chi connectivity index (χ4v) is 4.88. The molecule has 9 nitrogen and oxygen atoms in total. The van der Waals surface area contributed by atoms with E-state index in [9.17, 15) is 18.4 Å². The Labute approximate surface area is 224 Å². The van der Waals surface area contributed by atoms with Crippen LogP contribution in [0.5, 0.6) is 0 Å². The number of carbonyl (C=O) groups is 1. The summed E-state index contributed by atoms with van der Waals surface area (Å²) in [5.41, 5.74) is 13.2. The fourth-order valence-electron chi connectivity index (χ4n) is 4.88. The van der Waals surface area contributed by atoms with Crippen LogP contribution in [0.4, 0.5) is 25.8 Å². The standard InChI is InChI=1S/C28H31F2N7O2/c1-27(2,3)33-13-16-19(31)7-8-20(24(16)36-14-22(32)28(15-36)11-12-28)34-26(39)21-9-10-23(38)37(35-21)25-17(29)5-4-6-18(25)30/h4-10,13,22H,11-12,14-15,31-32H2,1-3H3,(H,34,39)/t22-/m0/s1. The van der Waals surface area contributed by atoms with Crippen LogP contribution in [0.2, 0.25) is 0 Å². The summed E-state index contributed by atoms with van der Waals surface area (Å²) < 4.78 is 29.3. The monoisotopic (exact) mass is 535 g/mol. The average Bonchev–Trinajstić information content (AvgIpc) is 3.57. The summed E-state index contributed by atoms with van der Waals surface area (Å²) in [6.07, 6.45) is 3.79. The lowest BCUT2D eigenvalue weighted by Gasteiger charge is -2.26. The third kappa shape index (κ3) is 5.14. The molecule has 1 spiro atoms. The van der Waals surface area contributed by atoms with Gasteiger partial charge < -0.3 is 21.7 Å². The number of para-hydroxylation sites is 1. The summed E-state index contributed by atoms with van der Waals surface area (Å²) in [6.45, 7) is 7.20. The number of anilines is 3. The number of benzene rings is 2. The fraction of sp³-hybridized carbons (Fsp3) is 0.357. The molecule has 1 aliphatic carbocycles. The number of carbonyl (C=O) groups excluding carboxylic acids is 1. The molecule has 0 radical (unpaired) electrons. The van der Waals surface area contributed by atoms with Crippen molar-refractivity contribution in [2.24, 2.45) is 16.1 Å². The second kappa shape index (κ2) is 9.57. The van der Waals surface area contributed by atoms with Gasteiger partial charge in [-0.2, -0.15) is 9.78 Å². The molecule has 2 heterocycles. The van der Waals surface area contributed by atoms with E-state index in [4.69, 9.17) is 11.5 Å². The maximum atomic E-state index is 14.4. The van der Waals surface area contributed by atoms with Crippen LogP contribution < -0.4 is 27.2 Å². The predicted octanol–water partition coefficient (Wildman–Crippen LogP) is 3.49. The molecule has 1 atom stereocenters. The van der Waals surface area contributed by atoms with Gasteiger partial charge in [0.2, 0.25) is 0 Å². The van der Waals surface area contributed by atoms with Gasteiger partial charge in [-0.15, -0.1) is 0 Å². The highest BCUT2D eigenvalue weighted by atomic mass is 19.1. The molecule has 1 saturated heterocycles. The van der Waals surface area contributed by atoms with Gasteiger partial charge in [-0.1, -0.05) is 6.07 Å². The summed E-state index contributed by atoms with van der Waals surface area (Å²) in [7, 11) is 0. The molecule has 1 saturated carbocycles. The Morgan fingerprint density at radius 2 is 1.82 bits per heavy atom. The molecule has 2 aliphatic rings. The van der Waals surface area contributed by atoms with Crippen molar-refractivity contribution in [1.29, 1.82) is 0 Å². The molecule has 1 amide bonds. The topological polar surface area (TPSA) is 132 Å². The van der Waals surface area contributed by atoms with Crippen molar-refractivity contribution in [1.82, 2.24) is 9.78 Å². The van der Waals surface area contributed by atoms with Crippen LogP contribution in [0, 0.1) is 17.0 Å². The van der Waals surface area contributed by atoms with E-state index < -0.39 is 28.8 Å². The van der Waals surface area contributed by atoms with Crippen LogP contribution >= 0.6 is 0 Å². The summed E-state index contributed by atoms with van der Waals surface area (Å²) in [5, 5.41) is 6.82. The van der Waals surface area contributed by atoms with Gasteiger partial charge in [0.25, 0.3) is 11.5 Å². The van der Waals surface area contributed by atoms with E-state index in [1.54, 1.807) is 18.3 Å². The number of nitrogens with zero attached hydrogens (tertiary/aromatic N) is 4. The van der Waals surface area contributed by atoms with Gasteiger partial charge in [-0.3, -0.25) is 14.6 Å². The number of aromatic nitrogens is 2. The Balaban J connectivity index is 1.55. The predicted molar refractivity (Wildman–Crippen MR) is 148 cm³/mol. The van der Waals surface area contributed by atoms with Crippen LogP contribution in [0.1, 0.15) is 49.7 Å². The third-order valence-electron chi connectivity index (χ3n) is 7.18. The van der Waals surface area contributed by atoms with E-state index in [0.717, 1.165) is 31.0 Å². The first kappa shape index (κ1) is 26.5. The highest BCUT2D eigenvalue weighted by molar-refractivity contribution is 6.08. The SMILES string of the molecule is CC(C)(C)N=Cc1c(N)ccc(NC(=O)c2ccc(=O)n(-c3c(F)cccc3F)n2)c1N1C[C@H](N)C2(CC2)C1. The van der Waals surface area contributed by atoms with Crippen molar-refractivity contribution < 1.29 is 13.6 Å². The largest absolute Gasteiger partial charge is 0.398 e. The van der Waals surface area contributed by atoms with E-state index in [2.05, 4.69) is 20.3 Å².